The standard InChI is InChI=1S/C12H20F2O9/c13-5-9(19)7(17)3(1-15)21-11(5)23-12-6(14)10(20)8(18)4(2-16)22-12/h3-12,15-20H,1-2H2/t3?,4?,5?,6?,7-,8-,9?,10?,11-,12-/m1/s1. The average Bonchev–Trinajstić information content (AvgIpc) is 2.55. The summed E-state index contributed by atoms with van der Waals surface area (Å²) in [5.74, 6) is 0. The number of aliphatic hydroxyl groups excluding tert-OH is 6. The van der Waals surface area contributed by atoms with E-state index < -0.39 is 74.8 Å². The van der Waals surface area contributed by atoms with Gasteiger partial charge in [0, 0.05) is 0 Å². The van der Waals surface area contributed by atoms with Crippen LogP contribution in [0, 0.1) is 0 Å². The molecule has 2 fully saturated rings. The highest BCUT2D eigenvalue weighted by Crippen LogP contribution is 2.30. The summed E-state index contributed by atoms with van der Waals surface area (Å²) in [6.07, 6.45) is -18.4. The lowest BCUT2D eigenvalue weighted by Crippen LogP contribution is -2.62. The highest BCUT2D eigenvalue weighted by atomic mass is 19.1. The van der Waals surface area contributed by atoms with Crippen molar-refractivity contribution >= 4 is 0 Å². The molecule has 0 aromatic heterocycles. The molecule has 2 aliphatic rings. The fourth-order valence-corrected chi connectivity index (χ4v) is 2.44. The highest BCUT2D eigenvalue weighted by molar-refractivity contribution is 4.92. The third-order valence-corrected chi connectivity index (χ3v) is 3.88. The van der Waals surface area contributed by atoms with Crippen LogP contribution in [0.5, 0.6) is 0 Å². The second-order valence-electron chi connectivity index (χ2n) is 5.44. The van der Waals surface area contributed by atoms with Crippen LogP contribution in [0.2, 0.25) is 0 Å². The first-order valence-electron chi connectivity index (χ1n) is 7.00. The molecule has 0 aliphatic carbocycles. The maximum atomic E-state index is 14.0. The molecule has 0 amide bonds. The van der Waals surface area contributed by atoms with Crippen LogP contribution >= 0.6 is 0 Å². The fraction of sp³-hybridized carbons (Fsp3) is 1.00. The van der Waals surface area contributed by atoms with Gasteiger partial charge >= 0.3 is 0 Å². The lowest BCUT2D eigenvalue weighted by molar-refractivity contribution is -0.363. The minimum atomic E-state index is -2.28. The van der Waals surface area contributed by atoms with Crippen LogP contribution in [0.15, 0.2) is 0 Å². The van der Waals surface area contributed by atoms with Crippen molar-refractivity contribution in [2.24, 2.45) is 0 Å². The number of hydrogen-bond donors (Lipinski definition) is 6. The molecule has 0 aromatic carbocycles. The molecule has 2 saturated heterocycles. The first-order chi connectivity index (χ1) is 10.8. The number of hydrogen-bond acceptors (Lipinski definition) is 9. The molecular weight excluding hydrogens is 326 g/mol. The molecule has 2 heterocycles. The van der Waals surface area contributed by atoms with E-state index in [0.717, 1.165) is 0 Å². The van der Waals surface area contributed by atoms with E-state index in [4.69, 9.17) is 24.4 Å². The van der Waals surface area contributed by atoms with Crippen LogP contribution in [0.25, 0.3) is 0 Å². The summed E-state index contributed by atoms with van der Waals surface area (Å²) < 4.78 is 42.6. The van der Waals surface area contributed by atoms with Crippen molar-refractivity contribution in [1.29, 1.82) is 0 Å². The van der Waals surface area contributed by atoms with Gasteiger partial charge in [0.2, 0.25) is 0 Å². The number of halogens is 2. The zero-order chi connectivity index (χ0) is 17.3. The summed E-state index contributed by atoms with van der Waals surface area (Å²) in [5.41, 5.74) is 0. The normalized spacial score (nSPS) is 51.7. The molecule has 6 N–H and O–H groups in total. The molecule has 0 radical (unpaired) electrons. The topological polar surface area (TPSA) is 149 Å². The summed E-state index contributed by atoms with van der Waals surface area (Å²) in [5, 5.41) is 56.1. The van der Waals surface area contributed by atoms with Crippen molar-refractivity contribution in [3.8, 4) is 0 Å². The lowest BCUT2D eigenvalue weighted by atomic mass is 9.99. The largest absolute Gasteiger partial charge is 0.394 e. The average molecular weight is 346 g/mol. The minimum absolute atomic E-state index is 0.754. The van der Waals surface area contributed by atoms with Crippen molar-refractivity contribution in [3.63, 3.8) is 0 Å². The Bertz CT molecular complexity index is 352. The van der Waals surface area contributed by atoms with E-state index in [9.17, 15) is 29.2 Å². The molecule has 23 heavy (non-hydrogen) atoms. The van der Waals surface area contributed by atoms with Gasteiger partial charge < -0.3 is 44.8 Å². The quantitative estimate of drug-likeness (QED) is 0.306. The fourth-order valence-electron chi connectivity index (χ4n) is 2.44. The SMILES string of the molecule is OCC1O[C@H](O[C@H]2OC(CO)[C@@H](O)C(O)C2F)C(F)C(O)[C@@H]1O. The molecule has 0 aromatic rings. The van der Waals surface area contributed by atoms with Crippen LogP contribution in [0.4, 0.5) is 8.78 Å². The predicted molar refractivity (Wildman–Crippen MR) is 66.4 cm³/mol. The van der Waals surface area contributed by atoms with Gasteiger partial charge in [-0.05, 0) is 0 Å². The molecule has 2 rings (SSSR count). The van der Waals surface area contributed by atoms with E-state index in [-0.39, 0.29) is 0 Å². The monoisotopic (exact) mass is 346 g/mol. The lowest BCUT2D eigenvalue weighted by Gasteiger charge is -2.43. The molecule has 0 saturated carbocycles. The molecule has 10 atom stereocenters. The van der Waals surface area contributed by atoms with E-state index >= 15 is 0 Å². The Hall–Kier alpha value is -0.500. The van der Waals surface area contributed by atoms with Crippen LogP contribution in [-0.2, 0) is 14.2 Å². The van der Waals surface area contributed by atoms with Crippen LogP contribution < -0.4 is 0 Å². The van der Waals surface area contributed by atoms with Crippen molar-refractivity contribution in [1.82, 2.24) is 0 Å². The summed E-state index contributed by atoms with van der Waals surface area (Å²) >= 11 is 0. The number of rotatable bonds is 4. The van der Waals surface area contributed by atoms with Crippen molar-refractivity contribution in [2.75, 3.05) is 13.2 Å². The van der Waals surface area contributed by atoms with Gasteiger partial charge in [0.15, 0.2) is 24.9 Å². The Morgan fingerprint density at radius 1 is 0.696 bits per heavy atom. The molecular formula is C12H20F2O9. The Labute approximate surface area is 129 Å². The maximum absolute atomic E-state index is 14.0. The molecule has 136 valence electrons. The summed E-state index contributed by atoms with van der Waals surface area (Å²) in [6, 6.07) is 0. The zero-order valence-electron chi connectivity index (χ0n) is 11.9. The number of alkyl halides is 2. The number of ether oxygens (including phenoxy) is 3. The summed E-state index contributed by atoms with van der Waals surface area (Å²) in [4.78, 5) is 0. The van der Waals surface area contributed by atoms with E-state index in [1.807, 2.05) is 0 Å². The van der Waals surface area contributed by atoms with Crippen LogP contribution in [0.1, 0.15) is 0 Å². The van der Waals surface area contributed by atoms with Gasteiger partial charge in [-0.25, -0.2) is 8.78 Å². The third kappa shape index (κ3) is 3.62. The van der Waals surface area contributed by atoms with Crippen LogP contribution in [0.3, 0.4) is 0 Å². The van der Waals surface area contributed by atoms with Gasteiger partial charge in [0.05, 0.1) is 13.2 Å². The van der Waals surface area contributed by atoms with E-state index in [1.165, 1.54) is 0 Å². The minimum Gasteiger partial charge on any atom is -0.394 e. The highest BCUT2D eigenvalue weighted by Gasteiger charge is 2.50. The second-order valence-corrected chi connectivity index (χ2v) is 5.44. The first-order valence-corrected chi connectivity index (χ1v) is 7.00. The predicted octanol–water partition coefficient (Wildman–Crippen LogP) is -3.44. The summed E-state index contributed by atoms with van der Waals surface area (Å²) in [7, 11) is 0. The first kappa shape index (κ1) is 18.8. The van der Waals surface area contributed by atoms with Crippen molar-refractivity contribution < 1.29 is 53.6 Å². The van der Waals surface area contributed by atoms with Crippen LogP contribution in [-0.4, -0.2) is 105 Å². The van der Waals surface area contributed by atoms with Gasteiger partial charge in [-0.2, -0.15) is 0 Å². The summed E-state index contributed by atoms with van der Waals surface area (Å²) in [6.45, 7) is -1.51. The van der Waals surface area contributed by atoms with Crippen molar-refractivity contribution in [2.45, 2.75) is 61.5 Å². The van der Waals surface area contributed by atoms with Gasteiger partial charge in [-0.15, -0.1) is 0 Å². The maximum Gasteiger partial charge on any atom is 0.195 e. The molecule has 2 aliphatic heterocycles. The smallest absolute Gasteiger partial charge is 0.195 e. The molecule has 11 heteroatoms. The van der Waals surface area contributed by atoms with E-state index in [1.54, 1.807) is 0 Å². The van der Waals surface area contributed by atoms with Crippen molar-refractivity contribution in [3.05, 3.63) is 0 Å². The van der Waals surface area contributed by atoms with Gasteiger partial charge in [-0.1, -0.05) is 0 Å². The molecule has 9 nitrogen and oxygen atoms in total. The van der Waals surface area contributed by atoms with E-state index in [2.05, 4.69) is 0 Å². The zero-order valence-corrected chi connectivity index (χ0v) is 11.9. The number of aliphatic hydroxyl groups is 6. The Kier molecular flexibility index (Phi) is 6.22. The second kappa shape index (κ2) is 7.59. The Morgan fingerprint density at radius 3 is 1.35 bits per heavy atom. The Balaban J connectivity index is 2.07. The molecule has 0 bridgehead atoms. The van der Waals surface area contributed by atoms with Gasteiger partial charge in [-0.3, -0.25) is 0 Å². The van der Waals surface area contributed by atoms with E-state index in [0.29, 0.717) is 0 Å². The Morgan fingerprint density at radius 2 is 1.04 bits per heavy atom. The molecule has 6 unspecified atom stereocenters. The molecule has 0 spiro atoms. The van der Waals surface area contributed by atoms with Gasteiger partial charge in [0.1, 0.15) is 36.6 Å². The van der Waals surface area contributed by atoms with Gasteiger partial charge in [0.25, 0.3) is 0 Å². The third-order valence-electron chi connectivity index (χ3n) is 3.88.